The van der Waals surface area contributed by atoms with E-state index in [0.29, 0.717) is 12.5 Å². The van der Waals surface area contributed by atoms with Crippen molar-refractivity contribution in [1.29, 1.82) is 0 Å². The van der Waals surface area contributed by atoms with Gasteiger partial charge in [-0.05, 0) is 19.3 Å². The first-order valence-electron chi connectivity index (χ1n) is 7.48. The minimum Gasteiger partial charge on any atom is -0.355 e. The standard InChI is InChI=1S/C14H30N4O/c1-12(2)4-6-16-14(19)13(3)18-10-8-17(7-5-15)9-11-18/h12-13H,4-11,15H2,1-3H3,(H,16,19). The second-order valence-corrected chi connectivity index (χ2v) is 5.82. The van der Waals surface area contributed by atoms with Crippen molar-refractivity contribution < 1.29 is 4.79 Å². The molecule has 1 aliphatic heterocycles. The molecule has 5 heteroatoms. The van der Waals surface area contributed by atoms with Crippen LogP contribution in [0.5, 0.6) is 0 Å². The fourth-order valence-electron chi connectivity index (χ4n) is 2.35. The van der Waals surface area contributed by atoms with Gasteiger partial charge in [0.15, 0.2) is 0 Å². The van der Waals surface area contributed by atoms with E-state index in [9.17, 15) is 4.79 Å². The van der Waals surface area contributed by atoms with Gasteiger partial charge in [-0.15, -0.1) is 0 Å². The quantitative estimate of drug-likeness (QED) is 0.689. The summed E-state index contributed by atoms with van der Waals surface area (Å²) in [5, 5.41) is 3.03. The second-order valence-electron chi connectivity index (χ2n) is 5.82. The van der Waals surface area contributed by atoms with Crippen molar-refractivity contribution in [2.75, 3.05) is 45.8 Å². The van der Waals surface area contributed by atoms with E-state index < -0.39 is 0 Å². The van der Waals surface area contributed by atoms with Crippen LogP contribution in [0, 0.1) is 5.92 Å². The number of amides is 1. The molecule has 1 aliphatic rings. The summed E-state index contributed by atoms with van der Waals surface area (Å²) >= 11 is 0. The molecule has 0 aromatic carbocycles. The van der Waals surface area contributed by atoms with Crippen LogP contribution in [0.4, 0.5) is 0 Å². The fraction of sp³-hybridized carbons (Fsp3) is 0.929. The van der Waals surface area contributed by atoms with Gasteiger partial charge >= 0.3 is 0 Å². The molecule has 1 fully saturated rings. The molecule has 1 atom stereocenters. The van der Waals surface area contributed by atoms with Crippen LogP contribution in [-0.4, -0.2) is 67.6 Å². The van der Waals surface area contributed by atoms with Gasteiger partial charge in [-0.25, -0.2) is 0 Å². The van der Waals surface area contributed by atoms with Crippen LogP contribution in [0.3, 0.4) is 0 Å². The molecule has 1 heterocycles. The van der Waals surface area contributed by atoms with Crippen molar-refractivity contribution in [3.05, 3.63) is 0 Å². The van der Waals surface area contributed by atoms with Gasteiger partial charge in [0.1, 0.15) is 0 Å². The van der Waals surface area contributed by atoms with Crippen molar-refractivity contribution >= 4 is 5.91 Å². The van der Waals surface area contributed by atoms with Gasteiger partial charge in [0.2, 0.25) is 5.91 Å². The normalized spacial score (nSPS) is 19.6. The highest BCUT2D eigenvalue weighted by Gasteiger charge is 2.24. The summed E-state index contributed by atoms with van der Waals surface area (Å²) in [6.07, 6.45) is 1.04. The predicted molar refractivity (Wildman–Crippen MR) is 79.0 cm³/mol. The van der Waals surface area contributed by atoms with Crippen molar-refractivity contribution in [2.45, 2.75) is 33.2 Å². The molecule has 1 unspecified atom stereocenters. The first-order valence-corrected chi connectivity index (χ1v) is 7.48. The third kappa shape index (κ3) is 5.89. The van der Waals surface area contributed by atoms with Crippen molar-refractivity contribution in [2.24, 2.45) is 11.7 Å². The van der Waals surface area contributed by atoms with E-state index in [1.807, 2.05) is 6.92 Å². The van der Waals surface area contributed by atoms with E-state index in [-0.39, 0.29) is 11.9 Å². The van der Waals surface area contributed by atoms with Crippen LogP contribution in [0.15, 0.2) is 0 Å². The molecule has 0 bridgehead atoms. The van der Waals surface area contributed by atoms with E-state index in [1.54, 1.807) is 0 Å². The smallest absolute Gasteiger partial charge is 0.237 e. The largest absolute Gasteiger partial charge is 0.355 e. The maximum atomic E-state index is 12.0. The van der Waals surface area contributed by atoms with Gasteiger partial charge in [-0.1, -0.05) is 13.8 Å². The van der Waals surface area contributed by atoms with E-state index in [1.165, 1.54) is 0 Å². The molecule has 112 valence electrons. The summed E-state index contributed by atoms with van der Waals surface area (Å²) in [7, 11) is 0. The molecule has 0 saturated carbocycles. The summed E-state index contributed by atoms with van der Waals surface area (Å²) in [5.74, 6) is 0.795. The molecule has 0 aromatic heterocycles. The number of hydrogen-bond acceptors (Lipinski definition) is 4. The Morgan fingerprint density at radius 3 is 2.37 bits per heavy atom. The van der Waals surface area contributed by atoms with Gasteiger partial charge in [0.25, 0.3) is 0 Å². The number of carbonyl (C=O) groups is 1. The van der Waals surface area contributed by atoms with Crippen LogP contribution in [0.25, 0.3) is 0 Å². The Balaban J connectivity index is 2.25. The van der Waals surface area contributed by atoms with Gasteiger partial charge in [0, 0.05) is 45.8 Å². The average molecular weight is 270 g/mol. The number of nitrogens with two attached hydrogens (primary N) is 1. The Hall–Kier alpha value is -0.650. The molecular weight excluding hydrogens is 240 g/mol. The van der Waals surface area contributed by atoms with Gasteiger partial charge in [-0.2, -0.15) is 0 Å². The zero-order valence-electron chi connectivity index (χ0n) is 12.7. The summed E-state index contributed by atoms with van der Waals surface area (Å²) in [6.45, 7) is 12.8. The molecule has 0 aromatic rings. The Morgan fingerprint density at radius 1 is 1.21 bits per heavy atom. The zero-order valence-corrected chi connectivity index (χ0v) is 12.7. The third-order valence-electron chi connectivity index (χ3n) is 3.80. The molecule has 0 radical (unpaired) electrons. The topological polar surface area (TPSA) is 61.6 Å². The molecule has 5 nitrogen and oxygen atoms in total. The fourth-order valence-corrected chi connectivity index (χ4v) is 2.35. The van der Waals surface area contributed by atoms with E-state index in [0.717, 1.165) is 45.7 Å². The number of hydrogen-bond donors (Lipinski definition) is 2. The lowest BCUT2D eigenvalue weighted by Crippen LogP contribution is -2.54. The highest BCUT2D eigenvalue weighted by atomic mass is 16.2. The summed E-state index contributed by atoms with van der Waals surface area (Å²) < 4.78 is 0. The van der Waals surface area contributed by atoms with Gasteiger partial charge < -0.3 is 11.1 Å². The third-order valence-corrected chi connectivity index (χ3v) is 3.80. The summed E-state index contributed by atoms with van der Waals surface area (Å²) in [4.78, 5) is 16.7. The molecule has 0 spiro atoms. The average Bonchev–Trinajstić information content (AvgIpc) is 2.38. The van der Waals surface area contributed by atoms with E-state index in [2.05, 4.69) is 29.0 Å². The summed E-state index contributed by atoms with van der Waals surface area (Å²) in [6, 6.07) is -0.0211. The number of nitrogens with zero attached hydrogens (tertiary/aromatic N) is 2. The highest BCUT2D eigenvalue weighted by Crippen LogP contribution is 2.06. The molecule has 1 rings (SSSR count). The highest BCUT2D eigenvalue weighted by molar-refractivity contribution is 5.81. The monoisotopic (exact) mass is 270 g/mol. The predicted octanol–water partition coefficient (Wildman–Crippen LogP) is 0.114. The molecule has 3 N–H and O–H groups in total. The lowest BCUT2D eigenvalue weighted by Gasteiger charge is -2.37. The molecule has 1 saturated heterocycles. The number of piperazine rings is 1. The van der Waals surface area contributed by atoms with Crippen LogP contribution in [0.1, 0.15) is 27.2 Å². The number of rotatable bonds is 7. The molecule has 19 heavy (non-hydrogen) atoms. The lowest BCUT2D eigenvalue weighted by molar-refractivity contribution is -0.126. The van der Waals surface area contributed by atoms with Crippen LogP contribution < -0.4 is 11.1 Å². The number of carbonyl (C=O) groups excluding carboxylic acids is 1. The van der Waals surface area contributed by atoms with Crippen LogP contribution >= 0.6 is 0 Å². The zero-order chi connectivity index (χ0) is 14.3. The lowest BCUT2D eigenvalue weighted by atomic mass is 10.1. The van der Waals surface area contributed by atoms with E-state index in [4.69, 9.17) is 5.73 Å². The number of nitrogens with one attached hydrogen (secondary N) is 1. The maximum Gasteiger partial charge on any atom is 0.237 e. The molecule has 1 amide bonds. The minimum atomic E-state index is -0.0211. The second kappa shape index (κ2) is 8.51. The van der Waals surface area contributed by atoms with Crippen molar-refractivity contribution in [1.82, 2.24) is 15.1 Å². The van der Waals surface area contributed by atoms with E-state index >= 15 is 0 Å². The Bertz CT molecular complexity index is 262. The Morgan fingerprint density at radius 2 is 1.84 bits per heavy atom. The molecular formula is C14H30N4O. The SMILES string of the molecule is CC(C)CCNC(=O)C(C)N1CCN(CCN)CC1. The first-order chi connectivity index (χ1) is 9.04. The first kappa shape index (κ1) is 16.4. The minimum absolute atomic E-state index is 0.0211. The van der Waals surface area contributed by atoms with Gasteiger partial charge in [0.05, 0.1) is 6.04 Å². The van der Waals surface area contributed by atoms with Crippen molar-refractivity contribution in [3.8, 4) is 0 Å². The molecule has 0 aliphatic carbocycles. The maximum absolute atomic E-state index is 12.0. The van der Waals surface area contributed by atoms with Gasteiger partial charge in [-0.3, -0.25) is 14.6 Å². The van der Waals surface area contributed by atoms with Crippen LogP contribution in [-0.2, 0) is 4.79 Å². The van der Waals surface area contributed by atoms with Crippen molar-refractivity contribution in [3.63, 3.8) is 0 Å². The van der Waals surface area contributed by atoms with Crippen LogP contribution in [0.2, 0.25) is 0 Å². The summed E-state index contributed by atoms with van der Waals surface area (Å²) in [5.41, 5.74) is 5.56. The Kier molecular flexibility index (Phi) is 7.34. The Labute approximate surface area is 117 Å².